The molecule has 3 aromatic rings. The van der Waals surface area contributed by atoms with E-state index in [0.717, 1.165) is 35.7 Å². The minimum atomic E-state index is -0.675. The molecule has 5 nitrogen and oxygen atoms in total. The number of hydrogen-bond acceptors (Lipinski definition) is 5. The highest BCUT2D eigenvalue weighted by Crippen LogP contribution is 2.34. The van der Waals surface area contributed by atoms with Crippen LogP contribution in [0.4, 0.5) is 5.69 Å². The number of imidazole rings is 1. The molecule has 2 atom stereocenters. The van der Waals surface area contributed by atoms with E-state index in [1.807, 2.05) is 36.8 Å². The minimum Gasteiger partial charge on any atom is -0.399 e. The molecule has 1 aliphatic rings. The molecule has 7 heteroatoms. The Balaban J connectivity index is 1.45. The van der Waals surface area contributed by atoms with E-state index in [0.29, 0.717) is 13.2 Å². The van der Waals surface area contributed by atoms with Crippen LogP contribution in [0.2, 0.25) is 5.02 Å². The number of thioether (sulfide) groups is 1. The summed E-state index contributed by atoms with van der Waals surface area (Å²) in [5.74, 6) is 0.156. The van der Waals surface area contributed by atoms with Crippen LogP contribution in [-0.4, -0.2) is 33.8 Å². The lowest BCUT2D eigenvalue weighted by molar-refractivity contribution is -0.180. The van der Waals surface area contributed by atoms with Gasteiger partial charge >= 0.3 is 0 Å². The highest BCUT2D eigenvalue weighted by atomic mass is 35.5. The molecule has 0 saturated carbocycles. The van der Waals surface area contributed by atoms with Crippen LogP contribution >= 0.6 is 23.4 Å². The third kappa shape index (κ3) is 5.67. The predicted molar refractivity (Wildman–Crippen MR) is 131 cm³/mol. The molecule has 0 amide bonds. The maximum absolute atomic E-state index is 6.61. The molecule has 0 aliphatic carbocycles. The molecule has 0 unspecified atom stereocenters. The molecule has 32 heavy (non-hydrogen) atoms. The van der Waals surface area contributed by atoms with Crippen LogP contribution < -0.4 is 5.73 Å². The van der Waals surface area contributed by atoms with Crippen molar-refractivity contribution in [2.45, 2.75) is 56.4 Å². The molecular formula is C25H30ClN3O2S. The Hall–Kier alpha value is -1.99. The molecule has 1 aliphatic heterocycles. The van der Waals surface area contributed by atoms with E-state index in [2.05, 4.69) is 41.6 Å². The highest BCUT2D eigenvalue weighted by Gasteiger charge is 2.42. The number of nitrogens with two attached hydrogens (primary N) is 1. The topological polar surface area (TPSA) is 62.3 Å². The highest BCUT2D eigenvalue weighted by molar-refractivity contribution is 7.99. The van der Waals surface area contributed by atoms with Gasteiger partial charge in [0.2, 0.25) is 0 Å². The number of nitrogens with zero attached hydrogens (tertiary/aromatic N) is 2. The standard InChI is InChI=1S/C25H30ClN3O2S/c1-3-22-13-28-17-29(22)16-25(11-10-19-4-6-20(26)7-5-19)30-14-23(31-25)15-32-24-9-8-21(27)12-18(24)2/h4-9,12-13,17,23H,3,10-11,14-16,27H2,1-2H3/t23-,25-/m1/s1. The van der Waals surface area contributed by atoms with E-state index >= 15 is 0 Å². The zero-order chi connectivity index (χ0) is 22.6. The molecule has 0 radical (unpaired) electrons. The van der Waals surface area contributed by atoms with E-state index in [9.17, 15) is 0 Å². The van der Waals surface area contributed by atoms with Gasteiger partial charge in [-0.05, 0) is 61.2 Å². The second-order valence-electron chi connectivity index (χ2n) is 8.29. The molecule has 1 saturated heterocycles. The molecule has 2 N–H and O–H groups in total. The first-order valence-electron chi connectivity index (χ1n) is 11.0. The van der Waals surface area contributed by atoms with Crippen molar-refractivity contribution in [3.8, 4) is 0 Å². The van der Waals surface area contributed by atoms with E-state index in [1.54, 1.807) is 11.8 Å². The van der Waals surface area contributed by atoms with Crippen molar-refractivity contribution in [2.75, 3.05) is 18.1 Å². The fourth-order valence-corrected chi connectivity index (χ4v) is 5.15. The maximum atomic E-state index is 6.61. The van der Waals surface area contributed by atoms with Gasteiger partial charge in [0.25, 0.3) is 0 Å². The van der Waals surface area contributed by atoms with Crippen LogP contribution in [0.25, 0.3) is 0 Å². The first-order valence-corrected chi connectivity index (χ1v) is 12.4. The summed E-state index contributed by atoms with van der Waals surface area (Å²) in [7, 11) is 0. The van der Waals surface area contributed by atoms with Gasteiger partial charge in [-0.3, -0.25) is 0 Å². The zero-order valence-electron chi connectivity index (χ0n) is 18.6. The van der Waals surface area contributed by atoms with Crippen LogP contribution in [0.3, 0.4) is 0 Å². The quantitative estimate of drug-likeness (QED) is 0.328. The second kappa shape index (κ2) is 10.3. The Labute approximate surface area is 199 Å². The number of anilines is 1. The molecule has 1 aromatic heterocycles. The first-order chi connectivity index (χ1) is 15.5. The summed E-state index contributed by atoms with van der Waals surface area (Å²) in [4.78, 5) is 5.56. The maximum Gasteiger partial charge on any atom is 0.187 e. The summed E-state index contributed by atoms with van der Waals surface area (Å²) >= 11 is 7.84. The number of nitrogen functional groups attached to an aromatic ring is 1. The van der Waals surface area contributed by atoms with Crippen LogP contribution in [0.5, 0.6) is 0 Å². The van der Waals surface area contributed by atoms with Crippen molar-refractivity contribution in [1.82, 2.24) is 9.55 Å². The van der Waals surface area contributed by atoms with Crippen LogP contribution in [0.15, 0.2) is 59.9 Å². The van der Waals surface area contributed by atoms with Crippen molar-refractivity contribution in [1.29, 1.82) is 0 Å². The Morgan fingerprint density at radius 1 is 1.25 bits per heavy atom. The lowest BCUT2D eigenvalue weighted by Crippen LogP contribution is -2.37. The van der Waals surface area contributed by atoms with Crippen molar-refractivity contribution in [3.05, 3.63) is 76.8 Å². The third-order valence-electron chi connectivity index (χ3n) is 5.82. The fourth-order valence-electron chi connectivity index (χ4n) is 4.04. The lowest BCUT2D eigenvalue weighted by Gasteiger charge is -2.29. The minimum absolute atomic E-state index is 0.0239. The summed E-state index contributed by atoms with van der Waals surface area (Å²) in [6.07, 6.45) is 6.34. The molecule has 170 valence electrons. The van der Waals surface area contributed by atoms with E-state index in [-0.39, 0.29) is 6.10 Å². The van der Waals surface area contributed by atoms with Crippen molar-refractivity contribution >= 4 is 29.1 Å². The van der Waals surface area contributed by atoms with Crippen LogP contribution in [0.1, 0.15) is 30.2 Å². The van der Waals surface area contributed by atoms with Crippen molar-refractivity contribution in [3.63, 3.8) is 0 Å². The zero-order valence-corrected chi connectivity index (χ0v) is 20.2. The number of ether oxygens (including phenoxy) is 2. The number of rotatable bonds is 9. The van der Waals surface area contributed by atoms with Crippen LogP contribution in [-0.2, 0) is 28.9 Å². The van der Waals surface area contributed by atoms with E-state index < -0.39 is 5.79 Å². The van der Waals surface area contributed by atoms with Crippen molar-refractivity contribution < 1.29 is 9.47 Å². The lowest BCUT2D eigenvalue weighted by atomic mass is 10.0. The van der Waals surface area contributed by atoms with E-state index in [1.165, 1.54) is 21.7 Å². The van der Waals surface area contributed by atoms with Gasteiger partial charge < -0.3 is 19.8 Å². The van der Waals surface area contributed by atoms with Gasteiger partial charge in [-0.1, -0.05) is 30.7 Å². The molecule has 4 rings (SSSR count). The number of benzene rings is 2. The van der Waals surface area contributed by atoms with Gasteiger partial charge in [-0.15, -0.1) is 11.8 Å². The number of halogens is 1. The first kappa shape index (κ1) is 23.2. The normalized spacial score (nSPS) is 20.7. The SMILES string of the molecule is CCc1cncn1C[C@]1(CCc2ccc(Cl)cc2)OC[C@H](CSc2ccc(N)cc2C)O1. The fraction of sp³-hybridized carbons (Fsp3) is 0.400. The summed E-state index contributed by atoms with van der Waals surface area (Å²) in [6.45, 7) is 5.44. The number of aromatic nitrogens is 2. The summed E-state index contributed by atoms with van der Waals surface area (Å²) in [5.41, 5.74) is 10.3. The summed E-state index contributed by atoms with van der Waals surface area (Å²) < 4.78 is 15.1. The van der Waals surface area contributed by atoms with Gasteiger partial charge in [0, 0.05) is 39.7 Å². The van der Waals surface area contributed by atoms with E-state index in [4.69, 9.17) is 26.8 Å². The summed E-state index contributed by atoms with van der Waals surface area (Å²) in [6, 6.07) is 14.0. The monoisotopic (exact) mass is 471 g/mol. The average molecular weight is 472 g/mol. The molecule has 0 spiro atoms. The Kier molecular flexibility index (Phi) is 7.46. The van der Waals surface area contributed by atoms with Crippen molar-refractivity contribution in [2.24, 2.45) is 0 Å². The molecule has 2 heterocycles. The smallest absolute Gasteiger partial charge is 0.187 e. The van der Waals surface area contributed by atoms with Gasteiger partial charge in [0.15, 0.2) is 5.79 Å². The van der Waals surface area contributed by atoms with Gasteiger partial charge in [0.05, 0.1) is 25.6 Å². The molecule has 2 aromatic carbocycles. The Bertz CT molecular complexity index is 1040. The van der Waals surface area contributed by atoms with Gasteiger partial charge in [0.1, 0.15) is 0 Å². The third-order valence-corrected chi connectivity index (χ3v) is 7.38. The average Bonchev–Trinajstić information content (AvgIpc) is 3.40. The summed E-state index contributed by atoms with van der Waals surface area (Å²) in [5, 5.41) is 0.748. The van der Waals surface area contributed by atoms with Crippen LogP contribution in [0, 0.1) is 6.92 Å². The largest absolute Gasteiger partial charge is 0.399 e. The molecular weight excluding hydrogens is 442 g/mol. The van der Waals surface area contributed by atoms with Gasteiger partial charge in [-0.25, -0.2) is 4.98 Å². The number of aryl methyl sites for hydroxylation is 3. The molecule has 0 bridgehead atoms. The second-order valence-corrected chi connectivity index (χ2v) is 9.79. The Morgan fingerprint density at radius 2 is 2.06 bits per heavy atom. The predicted octanol–water partition coefficient (Wildman–Crippen LogP) is 5.53. The molecule has 1 fully saturated rings. The Morgan fingerprint density at radius 3 is 2.81 bits per heavy atom. The van der Waals surface area contributed by atoms with Gasteiger partial charge in [-0.2, -0.15) is 0 Å². The number of hydrogen-bond donors (Lipinski definition) is 1.